The van der Waals surface area contributed by atoms with E-state index in [1.165, 1.54) is 66.3 Å². The summed E-state index contributed by atoms with van der Waals surface area (Å²) in [7, 11) is 24.2. The number of aryl methyl sites for hydroxylation is 2. The Morgan fingerprint density at radius 2 is 0.848 bits per heavy atom. The summed E-state index contributed by atoms with van der Waals surface area (Å²) in [4.78, 5) is 0. The van der Waals surface area contributed by atoms with Crippen LogP contribution in [0.3, 0.4) is 0 Å². The quantitative estimate of drug-likeness (QED) is 0.0957. The van der Waals surface area contributed by atoms with Gasteiger partial charge < -0.3 is 8.97 Å². The van der Waals surface area contributed by atoms with Crippen LogP contribution in [0.15, 0.2) is 109 Å². The number of benzene rings is 4. The molecule has 0 N–H and O–H groups in total. The third-order valence-corrected chi connectivity index (χ3v) is 7.62. The summed E-state index contributed by atoms with van der Waals surface area (Å²) in [6.45, 7) is 8.64. The van der Waals surface area contributed by atoms with E-state index in [9.17, 15) is 0 Å². The van der Waals surface area contributed by atoms with Gasteiger partial charge in [-0.1, -0.05) is 111 Å². The maximum absolute atomic E-state index is 4.93. The van der Waals surface area contributed by atoms with Crippen LogP contribution in [0.1, 0.15) is 11.1 Å². The van der Waals surface area contributed by atoms with Crippen LogP contribution in [-0.4, -0.2) is 51.8 Å². The Kier molecular flexibility index (Phi) is 14.3. The zero-order valence-electron chi connectivity index (χ0n) is 29.0. The van der Waals surface area contributed by atoms with Crippen LogP contribution < -0.4 is 8.97 Å². The number of rotatable bonds is 4. The summed E-state index contributed by atoms with van der Waals surface area (Å²) in [6, 6.07) is 39.8. The molecule has 0 fully saturated rings. The zero-order valence-corrected chi connectivity index (χ0v) is 34.0. The zero-order chi connectivity index (χ0) is 34.1. The van der Waals surface area contributed by atoms with Crippen LogP contribution in [0.2, 0.25) is 13.1 Å². The van der Waals surface area contributed by atoms with Crippen LogP contribution in [0.25, 0.3) is 43.8 Å². The molecular formula is C40H48Cl2N2SiZr+2. The molecule has 6 aromatic rings. The molecule has 2 radical (unpaired) electrons. The summed E-state index contributed by atoms with van der Waals surface area (Å²) < 4.78 is 1.67. The van der Waals surface area contributed by atoms with Gasteiger partial charge in [-0.2, -0.15) is 12.1 Å². The predicted octanol–water partition coefficient (Wildman–Crippen LogP) is 11.6. The molecule has 0 aliphatic carbocycles. The fraction of sp³-hybridized carbons (Fsp3) is 0.250. The molecule has 0 saturated heterocycles. The molecule has 0 aromatic heterocycles. The molecule has 0 amide bonds. The third kappa shape index (κ3) is 10.3. The van der Waals surface area contributed by atoms with E-state index in [0.29, 0.717) is 0 Å². The molecular weight excluding hydrogens is 699 g/mol. The van der Waals surface area contributed by atoms with Gasteiger partial charge in [0.15, 0.2) is 0 Å². The molecule has 0 aliphatic rings. The summed E-state index contributed by atoms with van der Waals surface area (Å²) in [5, 5.41) is 5.38. The predicted molar refractivity (Wildman–Crippen MR) is 208 cm³/mol. The van der Waals surface area contributed by atoms with Crippen molar-refractivity contribution in [1.82, 2.24) is 8.97 Å². The first-order chi connectivity index (χ1) is 21.7. The van der Waals surface area contributed by atoms with E-state index in [1.54, 1.807) is 0 Å². The summed E-state index contributed by atoms with van der Waals surface area (Å²) >= 11 is -0.826. The van der Waals surface area contributed by atoms with Crippen molar-refractivity contribution in [2.45, 2.75) is 26.9 Å². The first-order valence-electron chi connectivity index (χ1n) is 15.4. The number of fused-ring (bicyclic) bond motifs is 2. The van der Waals surface area contributed by atoms with Crippen LogP contribution in [-0.2, 0) is 20.8 Å². The van der Waals surface area contributed by atoms with Crippen molar-refractivity contribution < 1.29 is 20.8 Å². The number of halogens is 2. The van der Waals surface area contributed by atoms with Gasteiger partial charge in [-0.15, -0.1) is 44.8 Å². The van der Waals surface area contributed by atoms with E-state index in [1.807, 2.05) is 0 Å². The maximum atomic E-state index is 4.93. The Labute approximate surface area is 299 Å². The molecule has 0 aliphatic heterocycles. The summed E-state index contributed by atoms with van der Waals surface area (Å²) in [5.41, 5.74) is 10.6. The molecule has 0 saturated carbocycles. The van der Waals surface area contributed by atoms with Gasteiger partial charge >= 0.3 is 37.9 Å². The first kappa shape index (κ1) is 38.2. The second kappa shape index (κ2) is 17.2. The third-order valence-electron chi connectivity index (χ3n) is 7.62. The molecule has 0 bridgehead atoms. The van der Waals surface area contributed by atoms with Gasteiger partial charge in [0.1, 0.15) is 0 Å². The molecule has 238 valence electrons. The molecule has 0 spiro atoms. The van der Waals surface area contributed by atoms with Gasteiger partial charge in [0.2, 0.25) is 0 Å². The normalized spacial score (nSPS) is 11.0. The van der Waals surface area contributed by atoms with Gasteiger partial charge in [0.05, 0.1) is 53.7 Å². The average Bonchev–Trinajstić information content (AvgIpc) is 3.58. The Morgan fingerprint density at radius 1 is 0.543 bits per heavy atom. The summed E-state index contributed by atoms with van der Waals surface area (Å²) in [5.74, 6) is 0. The molecule has 0 unspecified atom stereocenters. The van der Waals surface area contributed by atoms with Gasteiger partial charge in [0, 0.05) is 9.52 Å². The van der Waals surface area contributed by atoms with Crippen molar-refractivity contribution in [3.63, 3.8) is 0 Å². The van der Waals surface area contributed by atoms with E-state index in [0.717, 1.165) is 18.5 Å². The van der Waals surface area contributed by atoms with Crippen molar-refractivity contribution in [1.29, 1.82) is 0 Å². The Hall–Kier alpha value is -2.30. The van der Waals surface area contributed by atoms with E-state index in [-0.39, 0.29) is 0 Å². The first-order valence-corrected chi connectivity index (χ1v) is 23.8. The summed E-state index contributed by atoms with van der Waals surface area (Å²) in [6.07, 6.45) is 0. The van der Waals surface area contributed by atoms with Crippen molar-refractivity contribution in [3.05, 3.63) is 120 Å². The van der Waals surface area contributed by atoms with E-state index < -0.39 is 20.8 Å². The van der Waals surface area contributed by atoms with Gasteiger partial charge in [0.25, 0.3) is 0 Å². The number of quaternary nitrogens is 2. The second-order valence-corrected chi connectivity index (χ2v) is 18.1. The molecule has 0 heterocycles. The van der Waals surface area contributed by atoms with Crippen molar-refractivity contribution in [3.8, 4) is 22.3 Å². The van der Waals surface area contributed by atoms with Gasteiger partial charge in [-0.3, -0.25) is 0 Å². The SMILES string of the molecule is C[Si]C.Cc1cc2c(-c3ccccc3)cc([N+](C)(C)C)cc2[cH-]1.Cc1cc2c(-c3ccccc3)cc([N+](C)(C)C)cc2[cH-]1.[Cl][Zr+2][Cl]. The average molecular weight is 747 g/mol. The monoisotopic (exact) mass is 744 g/mol. The van der Waals surface area contributed by atoms with Crippen molar-refractivity contribution in [2.75, 3.05) is 42.3 Å². The molecule has 6 heteroatoms. The topological polar surface area (TPSA) is 0 Å². The molecule has 6 rings (SSSR count). The fourth-order valence-electron chi connectivity index (χ4n) is 5.40. The van der Waals surface area contributed by atoms with E-state index in [4.69, 9.17) is 17.0 Å². The second-order valence-electron chi connectivity index (χ2n) is 13.4. The van der Waals surface area contributed by atoms with Crippen molar-refractivity contribution in [2.24, 2.45) is 0 Å². The molecule has 46 heavy (non-hydrogen) atoms. The van der Waals surface area contributed by atoms with Crippen molar-refractivity contribution >= 4 is 59.5 Å². The Bertz CT molecular complexity index is 1680. The van der Waals surface area contributed by atoms with Crippen LogP contribution >= 0.6 is 17.0 Å². The van der Waals surface area contributed by atoms with Crippen LogP contribution in [0.5, 0.6) is 0 Å². The van der Waals surface area contributed by atoms with Crippen LogP contribution in [0, 0.1) is 13.8 Å². The standard InChI is InChI=1S/2C19H21N.C2H6Si.2ClH.Zr/c2*1-14-10-16-12-17(20(2,3)4)13-19(18(16)11-14)15-8-6-5-7-9-15;1-3-2;;;/h2*5-13H,1-4H3;1-2H3;2*1H;/q;;;;;+4/p-2. The van der Waals surface area contributed by atoms with E-state index >= 15 is 0 Å². The minimum absolute atomic E-state index is 0.826. The Balaban J connectivity index is 0.000000214. The van der Waals surface area contributed by atoms with Gasteiger partial charge in [-0.25, -0.2) is 0 Å². The molecule has 0 atom stereocenters. The molecule has 2 nitrogen and oxygen atoms in total. The van der Waals surface area contributed by atoms with Gasteiger partial charge in [-0.05, 0) is 23.3 Å². The fourth-order valence-corrected chi connectivity index (χ4v) is 5.40. The number of nitrogens with zero attached hydrogens (tertiary/aromatic N) is 2. The number of hydrogen-bond acceptors (Lipinski definition) is 0. The van der Waals surface area contributed by atoms with E-state index in [2.05, 4.69) is 178 Å². The molecule has 6 aromatic carbocycles. The number of hydrogen-bond donors (Lipinski definition) is 0. The Morgan fingerprint density at radius 3 is 1.13 bits per heavy atom. The van der Waals surface area contributed by atoms with Crippen LogP contribution in [0.4, 0.5) is 11.4 Å². The minimum atomic E-state index is -0.826.